The van der Waals surface area contributed by atoms with Crippen molar-refractivity contribution in [1.82, 2.24) is 0 Å². The second-order valence-corrected chi connectivity index (χ2v) is 4.84. The predicted octanol–water partition coefficient (Wildman–Crippen LogP) is 4.40. The maximum atomic E-state index is 5.74. The van der Waals surface area contributed by atoms with Crippen LogP contribution in [-0.4, -0.2) is 13.5 Å². The fourth-order valence-corrected chi connectivity index (χ4v) is 1.62. The molecular weight excluding hydrogens is 231 g/mol. The first kappa shape index (κ1) is 15.5. The summed E-state index contributed by atoms with van der Waals surface area (Å²) in [6, 6.07) is 8.30. The van der Waals surface area contributed by atoms with Crippen LogP contribution in [0.2, 0.25) is 0 Å². The van der Waals surface area contributed by atoms with Crippen molar-refractivity contribution in [2.24, 2.45) is 0 Å². The first-order valence-electron chi connectivity index (χ1n) is 6.74. The Hall–Kier alpha value is -1.57. The summed E-state index contributed by atoms with van der Waals surface area (Å²) in [4.78, 5) is 0. The van der Waals surface area contributed by atoms with Crippen molar-refractivity contribution in [3.8, 4) is 5.75 Å². The minimum absolute atomic E-state index is 0.594. The molecule has 0 N–H and O–H groups in total. The van der Waals surface area contributed by atoms with E-state index in [2.05, 4.69) is 26.0 Å². The monoisotopic (exact) mass is 253 g/mol. The topological polar surface area (TPSA) is 9.23 Å². The number of benzene rings is 1. The van der Waals surface area contributed by atoms with Crippen LogP contribution in [0, 0.1) is 0 Å². The Bertz CT molecular complexity index is 469. The van der Waals surface area contributed by atoms with Gasteiger partial charge in [0.05, 0.1) is 0 Å². The Balaban J connectivity index is 2.70. The van der Waals surface area contributed by atoms with Gasteiger partial charge in [0.15, 0.2) is 0 Å². The molecule has 2 heteroatoms. The van der Waals surface area contributed by atoms with Crippen molar-refractivity contribution in [3.05, 3.63) is 53.3 Å². The van der Waals surface area contributed by atoms with Gasteiger partial charge < -0.3 is 0 Å². The normalized spacial score (nSPS) is 14.1. The standard InChI is InChI=1S/C17H22BO/c1-5-14(3)16-8-10-17(11-9-16)19-15(4)7-6-13(2)12-18/h6-12,14H,5H2,1-4H3/b13-6-,15-7+. The second-order valence-electron chi connectivity index (χ2n) is 4.84. The predicted molar refractivity (Wildman–Crippen MR) is 85.1 cm³/mol. The van der Waals surface area contributed by atoms with Gasteiger partial charge in [0.1, 0.15) is 0 Å². The van der Waals surface area contributed by atoms with Gasteiger partial charge in [-0.05, 0) is 0 Å². The van der Waals surface area contributed by atoms with Gasteiger partial charge in [-0.2, -0.15) is 0 Å². The van der Waals surface area contributed by atoms with E-state index in [0.29, 0.717) is 5.92 Å². The van der Waals surface area contributed by atoms with E-state index in [0.717, 1.165) is 23.5 Å². The summed E-state index contributed by atoms with van der Waals surface area (Å²) in [5, 5.41) is 0. The van der Waals surface area contributed by atoms with Gasteiger partial charge in [-0.25, -0.2) is 0 Å². The minimum atomic E-state index is 0.594. The Morgan fingerprint density at radius 1 is 1.21 bits per heavy atom. The fraction of sp³-hybridized carbons (Fsp3) is 0.353. The van der Waals surface area contributed by atoms with E-state index in [1.54, 1.807) is 5.97 Å². The molecular formula is C17H22BO. The van der Waals surface area contributed by atoms with Crippen molar-refractivity contribution in [2.45, 2.75) is 40.0 Å². The van der Waals surface area contributed by atoms with Crippen molar-refractivity contribution >= 4 is 13.5 Å². The quantitative estimate of drug-likeness (QED) is 0.415. The molecule has 0 aromatic heterocycles. The third-order valence-electron chi connectivity index (χ3n) is 3.18. The molecule has 1 radical (unpaired) electrons. The number of hydrogen-bond acceptors (Lipinski definition) is 1. The number of ether oxygens (including phenoxy) is 1. The van der Waals surface area contributed by atoms with Gasteiger partial charge in [-0.15, -0.1) is 0 Å². The second kappa shape index (κ2) is 7.78. The molecule has 0 bridgehead atoms. The van der Waals surface area contributed by atoms with Crippen LogP contribution in [0.3, 0.4) is 0 Å². The molecule has 1 aromatic carbocycles. The average Bonchev–Trinajstić information content (AvgIpc) is 2.44. The van der Waals surface area contributed by atoms with E-state index in [-0.39, 0.29) is 0 Å². The van der Waals surface area contributed by atoms with Gasteiger partial charge >= 0.3 is 110 Å². The van der Waals surface area contributed by atoms with Crippen LogP contribution in [0.15, 0.2) is 47.7 Å². The van der Waals surface area contributed by atoms with Crippen LogP contribution in [0.1, 0.15) is 45.6 Å². The molecule has 0 saturated carbocycles. The Morgan fingerprint density at radius 2 is 1.84 bits per heavy atom. The first-order chi connectivity index (χ1) is 9.06. The Labute approximate surface area is 118 Å². The van der Waals surface area contributed by atoms with Gasteiger partial charge in [0, 0.05) is 0 Å². The summed E-state index contributed by atoms with van der Waals surface area (Å²) in [6.45, 7) is 8.32. The number of hydrogen-bond donors (Lipinski definition) is 0. The zero-order valence-corrected chi connectivity index (χ0v) is 12.3. The molecule has 1 aromatic rings. The summed E-state index contributed by atoms with van der Waals surface area (Å²) < 4.78 is 5.74. The molecule has 0 aliphatic heterocycles. The fourth-order valence-electron chi connectivity index (χ4n) is 1.62. The van der Waals surface area contributed by atoms with Crippen molar-refractivity contribution < 1.29 is 4.74 Å². The SMILES string of the molecule is [B]=C/C(C)=C\C=C(/C)Oc1ccc(C(C)CC)cc1. The van der Waals surface area contributed by atoms with Crippen LogP contribution in [0.25, 0.3) is 0 Å². The summed E-state index contributed by atoms with van der Waals surface area (Å²) in [5.41, 5.74) is 2.36. The van der Waals surface area contributed by atoms with Crippen molar-refractivity contribution in [2.75, 3.05) is 0 Å². The maximum absolute atomic E-state index is 5.74. The molecule has 0 fully saturated rings. The number of rotatable bonds is 6. The third-order valence-corrected chi connectivity index (χ3v) is 3.18. The van der Waals surface area contributed by atoms with Gasteiger partial charge in [0.2, 0.25) is 0 Å². The Kier molecular flexibility index (Phi) is 6.34. The summed E-state index contributed by atoms with van der Waals surface area (Å²) >= 11 is 0. The van der Waals surface area contributed by atoms with E-state index in [1.807, 2.05) is 38.1 Å². The average molecular weight is 253 g/mol. The zero-order valence-electron chi connectivity index (χ0n) is 12.3. The van der Waals surface area contributed by atoms with Crippen LogP contribution >= 0.6 is 0 Å². The van der Waals surface area contributed by atoms with E-state index < -0.39 is 0 Å². The molecule has 0 heterocycles. The van der Waals surface area contributed by atoms with E-state index in [4.69, 9.17) is 12.2 Å². The molecule has 0 amide bonds. The zero-order chi connectivity index (χ0) is 14.3. The molecule has 0 aliphatic rings. The molecule has 99 valence electrons. The number of allylic oxidation sites excluding steroid dienone is 4. The summed E-state index contributed by atoms with van der Waals surface area (Å²) in [7, 11) is 5.41. The van der Waals surface area contributed by atoms with Crippen molar-refractivity contribution in [3.63, 3.8) is 0 Å². The van der Waals surface area contributed by atoms with Crippen LogP contribution in [-0.2, 0) is 0 Å². The summed E-state index contributed by atoms with van der Waals surface area (Å²) in [5.74, 6) is 3.88. The molecule has 19 heavy (non-hydrogen) atoms. The first-order valence-corrected chi connectivity index (χ1v) is 6.74. The van der Waals surface area contributed by atoms with Crippen LogP contribution in [0.4, 0.5) is 0 Å². The van der Waals surface area contributed by atoms with Crippen molar-refractivity contribution in [1.29, 1.82) is 0 Å². The molecule has 1 rings (SSSR count). The van der Waals surface area contributed by atoms with Crippen LogP contribution < -0.4 is 4.74 Å². The molecule has 0 spiro atoms. The third kappa shape index (κ3) is 5.29. The van der Waals surface area contributed by atoms with E-state index >= 15 is 0 Å². The van der Waals surface area contributed by atoms with E-state index in [9.17, 15) is 0 Å². The van der Waals surface area contributed by atoms with E-state index in [1.165, 1.54) is 5.56 Å². The molecule has 1 atom stereocenters. The molecule has 0 aliphatic carbocycles. The molecule has 1 nitrogen and oxygen atoms in total. The summed E-state index contributed by atoms with van der Waals surface area (Å²) in [6.07, 6.45) is 5.00. The molecule has 1 unspecified atom stereocenters. The molecule has 0 saturated heterocycles. The van der Waals surface area contributed by atoms with Gasteiger partial charge in [-0.1, -0.05) is 6.92 Å². The van der Waals surface area contributed by atoms with Crippen LogP contribution in [0.5, 0.6) is 5.75 Å². The van der Waals surface area contributed by atoms with Gasteiger partial charge in [-0.3, -0.25) is 0 Å². The van der Waals surface area contributed by atoms with Gasteiger partial charge in [0.25, 0.3) is 0 Å². The Morgan fingerprint density at radius 3 is 2.37 bits per heavy atom.